The van der Waals surface area contributed by atoms with Crippen LogP contribution < -0.4 is 10.1 Å². The van der Waals surface area contributed by atoms with Crippen LogP contribution in [0.15, 0.2) is 24.3 Å². The highest BCUT2D eigenvalue weighted by molar-refractivity contribution is 5.73. The maximum absolute atomic E-state index is 11.2. The van der Waals surface area contributed by atoms with E-state index in [4.69, 9.17) is 4.74 Å². The van der Waals surface area contributed by atoms with Gasteiger partial charge in [0, 0.05) is 12.5 Å². The van der Waals surface area contributed by atoms with Crippen LogP contribution >= 0.6 is 0 Å². The molecule has 0 radical (unpaired) electrons. The van der Waals surface area contributed by atoms with Gasteiger partial charge < -0.3 is 15.2 Å². The molecule has 0 aliphatic heterocycles. The molecule has 2 unspecified atom stereocenters. The minimum Gasteiger partial charge on any atom is -0.493 e. The van der Waals surface area contributed by atoms with Crippen molar-refractivity contribution in [2.24, 2.45) is 0 Å². The molecule has 21 heavy (non-hydrogen) atoms. The highest BCUT2D eigenvalue weighted by Gasteiger charge is 2.28. The van der Waals surface area contributed by atoms with E-state index in [0.717, 1.165) is 25.0 Å². The molecule has 2 N–H and O–H groups in total. The Balaban J connectivity index is 1.88. The van der Waals surface area contributed by atoms with Crippen molar-refractivity contribution in [3.63, 3.8) is 0 Å². The van der Waals surface area contributed by atoms with E-state index in [1.54, 1.807) is 0 Å². The summed E-state index contributed by atoms with van der Waals surface area (Å²) in [5.41, 5.74) is 1.20. The minimum absolute atomic E-state index is 0.387. The molecule has 1 aliphatic rings. The van der Waals surface area contributed by atoms with Crippen LogP contribution in [0.2, 0.25) is 0 Å². The van der Waals surface area contributed by atoms with Crippen LogP contribution in [0, 0.1) is 0 Å². The zero-order valence-electron chi connectivity index (χ0n) is 12.8. The van der Waals surface area contributed by atoms with Gasteiger partial charge in [-0.1, -0.05) is 32.0 Å². The van der Waals surface area contributed by atoms with E-state index in [9.17, 15) is 9.90 Å². The standard InChI is InChI=1S/C17H25NO3/c1-3-12(2)14-6-4-5-7-16(14)21-11-10-15(17(19)20)18-13-8-9-13/h4-7,12-13,15,18H,3,8-11H2,1-2H3,(H,19,20). The molecule has 4 heteroatoms. The van der Waals surface area contributed by atoms with Gasteiger partial charge in [0.15, 0.2) is 0 Å². The highest BCUT2D eigenvalue weighted by Crippen LogP contribution is 2.28. The van der Waals surface area contributed by atoms with Crippen LogP contribution in [0.4, 0.5) is 0 Å². The van der Waals surface area contributed by atoms with E-state index in [0.29, 0.717) is 25.0 Å². The lowest BCUT2D eigenvalue weighted by atomic mass is 9.98. The lowest BCUT2D eigenvalue weighted by Gasteiger charge is -2.18. The normalized spacial score (nSPS) is 17.2. The Kier molecular flexibility index (Phi) is 5.62. The minimum atomic E-state index is -0.791. The molecule has 1 aromatic carbocycles. The third-order valence-corrected chi connectivity index (χ3v) is 4.04. The molecule has 0 aromatic heterocycles. The average Bonchev–Trinajstić information content (AvgIpc) is 3.29. The van der Waals surface area contributed by atoms with Crippen LogP contribution in [0.5, 0.6) is 5.75 Å². The predicted octanol–water partition coefficient (Wildman–Crippen LogP) is 3.17. The summed E-state index contributed by atoms with van der Waals surface area (Å²) in [6.45, 7) is 4.75. The van der Waals surface area contributed by atoms with Crippen molar-refractivity contribution >= 4 is 5.97 Å². The number of benzene rings is 1. The van der Waals surface area contributed by atoms with Gasteiger partial charge >= 0.3 is 5.97 Å². The highest BCUT2D eigenvalue weighted by atomic mass is 16.5. The van der Waals surface area contributed by atoms with Gasteiger partial charge in [0.25, 0.3) is 0 Å². The zero-order chi connectivity index (χ0) is 15.2. The van der Waals surface area contributed by atoms with Gasteiger partial charge in [0.05, 0.1) is 6.61 Å². The molecular formula is C17H25NO3. The van der Waals surface area contributed by atoms with E-state index in [-0.39, 0.29) is 0 Å². The first-order chi connectivity index (χ1) is 10.1. The number of ether oxygens (including phenoxy) is 1. The molecule has 1 fully saturated rings. The summed E-state index contributed by atoms with van der Waals surface area (Å²) in [7, 11) is 0. The number of nitrogens with one attached hydrogen (secondary N) is 1. The van der Waals surface area contributed by atoms with Crippen LogP contribution in [0.1, 0.15) is 51.0 Å². The Bertz CT molecular complexity index is 471. The van der Waals surface area contributed by atoms with Gasteiger partial charge in [-0.3, -0.25) is 4.79 Å². The fourth-order valence-electron chi connectivity index (χ4n) is 2.34. The van der Waals surface area contributed by atoms with E-state index in [1.165, 1.54) is 5.56 Å². The first-order valence-corrected chi connectivity index (χ1v) is 7.82. The average molecular weight is 291 g/mol. The molecule has 1 aromatic rings. The third kappa shape index (κ3) is 4.74. The molecule has 1 aliphatic carbocycles. The van der Waals surface area contributed by atoms with Crippen molar-refractivity contribution in [2.45, 2.75) is 57.5 Å². The monoisotopic (exact) mass is 291 g/mol. The number of carbonyl (C=O) groups is 1. The van der Waals surface area contributed by atoms with Crippen LogP contribution in [-0.2, 0) is 4.79 Å². The largest absolute Gasteiger partial charge is 0.493 e. The summed E-state index contributed by atoms with van der Waals surface area (Å²) in [6.07, 6.45) is 3.71. The number of hydrogen-bond donors (Lipinski definition) is 2. The van der Waals surface area contributed by atoms with Crippen molar-refractivity contribution < 1.29 is 14.6 Å². The molecule has 0 amide bonds. The lowest BCUT2D eigenvalue weighted by molar-refractivity contribution is -0.139. The van der Waals surface area contributed by atoms with Crippen molar-refractivity contribution in [2.75, 3.05) is 6.61 Å². The van der Waals surface area contributed by atoms with E-state index in [2.05, 4.69) is 25.2 Å². The third-order valence-electron chi connectivity index (χ3n) is 4.04. The Morgan fingerprint density at radius 1 is 1.43 bits per heavy atom. The fourth-order valence-corrected chi connectivity index (χ4v) is 2.34. The predicted molar refractivity (Wildman–Crippen MR) is 82.8 cm³/mol. The Morgan fingerprint density at radius 3 is 2.76 bits per heavy atom. The summed E-state index contributed by atoms with van der Waals surface area (Å²) >= 11 is 0. The van der Waals surface area contributed by atoms with E-state index >= 15 is 0 Å². The quantitative estimate of drug-likeness (QED) is 0.733. The first kappa shape index (κ1) is 15.8. The molecule has 0 heterocycles. The number of rotatable bonds is 9. The van der Waals surface area contributed by atoms with Crippen molar-refractivity contribution in [1.82, 2.24) is 5.32 Å². The molecule has 116 valence electrons. The molecule has 0 bridgehead atoms. The molecule has 0 saturated heterocycles. The summed E-state index contributed by atoms with van der Waals surface area (Å²) < 4.78 is 5.84. The topological polar surface area (TPSA) is 58.6 Å². The summed E-state index contributed by atoms with van der Waals surface area (Å²) in [5, 5.41) is 12.4. The Hall–Kier alpha value is -1.55. The molecular weight excluding hydrogens is 266 g/mol. The molecule has 2 rings (SSSR count). The van der Waals surface area contributed by atoms with E-state index in [1.807, 2.05) is 18.2 Å². The first-order valence-electron chi connectivity index (χ1n) is 7.82. The SMILES string of the molecule is CCC(C)c1ccccc1OCCC(NC1CC1)C(=O)O. The molecule has 1 saturated carbocycles. The Labute approximate surface area is 126 Å². The Morgan fingerprint density at radius 2 is 2.14 bits per heavy atom. The van der Waals surface area contributed by atoms with Gasteiger partial charge in [0.2, 0.25) is 0 Å². The molecule has 0 spiro atoms. The smallest absolute Gasteiger partial charge is 0.320 e. The van der Waals surface area contributed by atoms with Gasteiger partial charge in [-0.25, -0.2) is 0 Å². The summed E-state index contributed by atoms with van der Waals surface area (Å²) in [4.78, 5) is 11.2. The number of carboxylic acids is 1. The van der Waals surface area contributed by atoms with Crippen LogP contribution in [-0.4, -0.2) is 29.8 Å². The second-order valence-electron chi connectivity index (χ2n) is 5.82. The maximum Gasteiger partial charge on any atom is 0.320 e. The van der Waals surface area contributed by atoms with E-state index < -0.39 is 12.0 Å². The number of para-hydroxylation sites is 1. The fraction of sp³-hybridized carbons (Fsp3) is 0.588. The van der Waals surface area contributed by atoms with Crippen LogP contribution in [0.3, 0.4) is 0 Å². The van der Waals surface area contributed by atoms with Gasteiger partial charge in [0.1, 0.15) is 11.8 Å². The number of aliphatic carboxylic acids is 1. The van der Waals surface area contributed by atoms with Gasteiger partial charge in [-0.15, -0.1) is 0 Å². The van der Waals surface area contributed by atoms with Gasteiger partial charge in [-0.05, 0) is 36.8 Å². The summed E-state index contributed by atoms with van der Waals surface area (Å²) in [5.74, 6) is 0.532. The molecule has 4 nitrogen and oxygen atoms in total. The number of hydrogen-bond acceptors (Lipinski definition) is 3. The van der Waals surface area contributed by atoms with Gasteiger partial charge in [-0.2, -0.15) is 0 Å². The second-order valence-corrected chi connectivity index (χ2v) is 5.82. The molecule has 2 atom stereocenters. The van der Waals surface area contributed by atoms with Crippen molar-refractivity contribution in [3.8, 4) is 5.75 Å². The van der Waals surface area contributed by atoms with Crippen LogP contribution in [0.25, 0.3) is 0 Å². The van der Waals surface area contributed by atoms with Crippen molar-refractivity contribution in [1.29, 1.82) is 0 Å². The zero-order valence-corrected chi connectivity index (χ0v) is 12.8. The second kappa shape index (κ2) is 7.46. The maximum atomic E-state index is 11.2. The summed E-state index contributed by atoms with van der Waals surface area (Å²) in [6, 6.07) is 7.90. The van der Waals surface area contributed by atoms with Crippen molar-refractivity contribution in [3.05, 3.63) is 29.8 Å². The number of carboxylic acid groups (broad SMARTS) is 1. The lowest BCUT2D eigenvalue weighted by Crippen LogP contribution is -2.39.